The van der Waals surface area contributed by atoms with E-state index in [9.17, 15) is 4.79 Å². The summed E-state index contributed by atoms with van der Waals surface area (Å²) in [4.78, 5) is 11.0. The van der Waals surface area contributed by atoms with Gasteiger partial charge in [0.2, 0.25) is 0 Å². The Morgan fingerprint density at radius 2 is 1.86 bits per heavy atom. The zero-order valence-electron chi connectivity index (χ0n) is 10.0. The molecule has 1 rings (SSSR count). The SMILES string of the molecule is CC.Cc1oc(=O)n(C)c1CC(C)C. The number of oxazole rings is 1. The van der Waals surface area contributed by atoms with Gasteiger partial charge in [0.05, 0.1) is 5.69 Å². The molecule has 0 saturated heterocycles. The van der Waals surface area contributed by atoms with E-state index >= 15 is 0 Å². The van der Waals surface area contributed by atoms with Gasteiger partial charge < -0.3 is 4.42 Å². The first-order valence-corrected chi connectivity index (χ1v) is 5.17. The van der Waals surface area contributed by atoms with Crippen LogP contribution in [0.4, 0.5) is 0 Å². The quantitative estimate of drug-likeness (QED) is 0.733. The largest absolute Gasteiger partial charge is 0.419 e. The van der Waals surface area contributed by atoms with Crippen LogP contribution < -0.4 is 5.76 Å². The van der Waals surface area contributed by atoms with E-state index in [1.807, 2.05) is 20.8 Å². The molecular weight excluding hydrogens is 178 g/mol. The Balaban J connectivity index is 0.000000791. The summed E-state index contributed by atoms with van der Waals surface area (Å²) < 4.78 is 6.53. The molecule has 3 heteroatoms. The highest BCUT2D eigenvalue weighted by Gasteiger charge is 2.10. The van der Waals surface area contributed by atoms with Crippen LogP contribution in [0.5, 0.6) is 0 Å². The Labute approximate surface area is 85.7 Å². The molecule has 0 spiro atoms. The third kappa shape index (κ3) is 3.05. The van der Waals surface area contributed by atoms with Gasteiger partial charge in [-0.25, -0.2) is 4.79 Å². The van der Waals surface area contributed by atoms with Crippen LogP contribution in [0.3, 0.4) is 0 Å². The van der Waals surface area contributed by atoms with Gasteiger partial charge in [0, 0.05) is 7.05 Å². The fourth-order valence-electron chi connectivity index (χ4n) is 1.27. The minimum atomic E-state index is -0.261. The lowest BCUT2D eigenvalue weighted by Crippen LogP contribution is -2.13. The van der Waals surface area contributed by atoms with Gasteiger partial charge in [0.1, 0.15) is 5.76 Å². The van der Waals surface area contributed by atoms with E-state index in [1.165, 1.54) is 0 Å². The van der Waals surface area contributed by atoms with E-state index < -0.39 is 0 Å². The Kier molecular flexibility index (Phi) is 5.28. The van der Waals surface area contributed by atoms with Gasteiger partial charge in [-0.3, -0.25) is 4.57 Å². The molecule has 0 amide bonds. The molecule has 14 heavy (non-hydrogen) atoms. The van der Waals surface area contributed by atoms with Crippen molar-refractivity contribution in [2.75, 3.05) is 0 Å². The lowest BCUT2D eigenvalue weighted by atomic mass is 10.1. The van der Waals surface area contributed by atoms with Crippen LogP contribution in [0.1, 0.15) is 39.1 Å². The molecule has 0 fully saturated rings. The summed E-state index contributed by atoms with van der Waals surface area (Å²) in [5.41, 5.74) is 1.01. The number of aryl methyl sites for hydroxylation is 1. The van der Waals surface area contributed by atoms with Crippen LogP contribution >= 0.6 is 0 Å². The second kappa shape index (κ2) is 5.68. The van der Waals surface area contributed by atoms with Crippen molar-refractivity contribution >= 4 is 0 Å². The van der Waals surface area contributed by atoms with Crippen molar-refractivity contribution < 1.29 is 4.42 Å². The zero-order valence-corrected chi connectivity index (χ0v) is 10.0. The maximum Gasteiger partial charge on any atom is 0.419 e. The fraction of sp³-hybridized carbons (Fsp3) is 0.727. The minimum absolute atomic E-state index is 0.261. The predicted octanol–water partition coefficient (Wildman–Crippen LogP) is 2.51. The fourth-order valence-corrected chi connectivity index (χ4v) is 1.27. The minimum Gasteiger partial charge on any atom is -0.413 e. The molecule has 3 nitrogen and oxygen atoms in total. The summed E-state index contributed by atoms with van der Waals surface area (Å²) in [5, 5.41) is 0. The smallest absolute Gasteiger partial charge is 0.413 e. The van der Waals surface area contributed by atoms with Crippen molar-refractivity contribution in [1.29, 1.82) is 0 Å². The van der Waals surface area contributed by atoms with Crippen molar-refractivity contribution in [2.45, 2.75) is 41.0 Å². The molecule has 0 aliphatic heterocycles. The third-order valence-corrected chi connectivity index (χ3v) is 1.93. The molecule has 0 N–H and O–H groups in total. The highest BCUT2D eigenvalue weighted by Crippen LogP contribution is 2.10. The van der Waals surface area contributed by atoms with Gasteiger partial charge >= 0.3 is 5.76 Å². The van der Waals surface area contributed by atoms with E-state index in [0.29, 0.717) is 5.92 Å². The summed E-state index contributed by atoms with van der Waals surface area (Å²) >= 11 is 0. The lowest BCUT2D eigenvalue weighted by Gasteiger charge is -2.04. The maximum atomic E-state index is 11.0. The molecule has 1 aromatic heterocycles. The summed E-state index contributed by atoms with van der Waals surface area (Å²) in [6.45, 7) is 10.1. The Bertz CT molecular complexity index is 321. The average Bonchev–Trinajstić information content (AvgIpc) is 2.35. The number of nitrogens with zero attached hydrogens (tertiary/aromatic N) is 1. The predicted molar refractivity (Wildman–Crippen MR) is 58.6 cm³/mol. The van der Waals surface area contributed by atoms with Crippen LogP contribution in [-0.2, 0) is 13.5 Å². The molecule has 0 atom stereocenters. The number of aromatic nitrogens is 1. The summed E-state index contributed by atoms with van der Waals surface area (Å²) in [6, 6.07) is 0. The standard InChI is InChI=1S/C9H15NO2.C2H6/c1-6(2)5-8-7(3)12-9(11)10(8)4;1-2/h6H,5H2,1-4H3;1-2H3. The monoisotopic (exact) mass is 199 g/mol. The van der Waals surface area contributed by atoms with Crippen molar-refractivity contribution in [1.82, 2.24) is 4.57 Å². The summed E-state index contributed by atoms with van der Waals surface area (Å²) in [5.74, 6) is 1.03. The summed E-state index contributed by atoms with van der Waals surface area (Å²) in [7, 11) is 1.75. The van der Waals surface area contributed by atoms with Crippen LogP contribution in [0, 0.1) is 12.8 Å². The highest BCUT2D eigenvalue weighted by atomic mass is 16.4. The first-order chi connectivity index (χ1) is 6.52. The Morgan fingerprint density at radius 1 is 1.36 bits per heavy atom. The Morgan fingerprint density at radius 3 is 2.14 bits per heavy atom. The molecular formula is C11H21NO2. The van der Waals surface area contributed by atoms with E-state index in [4.69, 9.17) is 4.42 Å². The Hall–Kier alpha value is -0.990. The van der Waals surface area contributed by atoms with Crippen molar-refractivity contribution in [3.8, 4) is 0 Å². The molecule has 0 aliphatic rings. The van der Waals surface area contributed by atoms with Gasteiger partial charge in [0.25, 0.3) is 0 Å². The highest BCUT2D eigenvalue weighted by molar-refractivity contribution is 5.07. The van der Waals surface area contributed by atoms with Gasteiger partial charge in [-0.1, -0.05) is 27.7 Å². The van der Waals surface area contributed by atoms with Gasteiger partial charge in [0.15, 0.2) is 0 Å². The molecule has 0 bridgehead atoms. The number of rotatable bonds is 2. The number of hydrogen-bond acceptors (Lipinski definition) is 2. The van der Waals surface area contributed by atoms with Crippen molar-refractivity contribution in [3.05, 3.63) is 22.0 Å². The molecule has 0 unspecified atom stereocenters. The van der Waals surface area contributed by atoms with E-state index in [-0.39, 0.29) is 5.76 Å². The second-order valence-electron chi connectivity index (χ2n) is 3.53. The van der Waals surface area contributed by atoms with E-state index in [0.717, 1.165) is 17.9 Å². The molecule has 1 heterocycles. The van der Waals surface area contributed by atoms with E-state index in [2.05, 4.69) is 13.8 Å². The van der Waals surface area contributed by atoms with Crippen LogP contribution in [0.2, 0.25) is 0 Å². The molecule has 0 aromatic carbocycles. The first kappa shape index (κ1) is 13.0. The third-order valence-electron chi connectivity index (χ3n) is 1.93. The average molecular weight is 199 g/mol. The van der Waals surface area contributed by atoms with Crippen molar-refractivity contribution in [2.24, 2.45) is 13.0 Å². The molecule has 1 aromatic rings. The van der Waals surface area contributed by atoms with Crippen LogP contribution in [0.25, 0.3) is 0 Å². The van der Waals surface area contributed by atoms with Gasteiger partial charge in [-0.05, 0) is 19.3 Å². The first-order valence-electron chi connectivity index (χ1n) is 5.17. The molecule has 0 radical (unpaired) electrons. The van der Waals surface area contributed by atoms with Crippen LogP contribution in [-0.4, -0.2) is 4.57 Å². The molecule has 0 saturated carbocycles. The van der Waals surface area contributed by atoms with Crippen molar-refractivity contribution in [3.63, 3.8) is 0 Å². The molecule has 82 valence electrons. The summed E-state index contributed by atoms with van der Waals surface area (Å²) in [6.07, 6.45) is 0.897. The zero-order chi connectivity index (χ0) is 11.3. The topological polar surface area (TPSA) is 35.1 Å². The maximum absolute atomic E-state index is 11.0. The lowest BCUT2D eigenvalue weighted by molar-refractivity contribution is 0.471. The van der Waals surface area contributed by atoms with Crippen LogP contribution in [0.15, 0.2) is 9.21 Å². The normalized spacial score (nSPS) is 9.93. The van der Waals surface area contributed by atoms with E-state index in [1.54, 1.807) is 11.6 Å². The van der Waals surface area contributed by atoms with Gasteiger partial charge in [-0.2, -0.15) is 0 Å². The second-order valence-corrected chi connectivity index (χ2v) is 3.53. The number of hydrogen-bond donors (Lipinski definition) is 0. The molecule has 0 aliphatic carbocycles. The van der Waals surface area contributed by atoms with Gasteiger partial charge in [-0.15, -0.1) is 0 Å².